The Bertz CT molecular complexity index is 297. The molecule has 1 saturated heterocycles. The van der Waals surface area contributed by atoms with Gasteiger partial charge in [0.25, 0.3) is 0 Å². The Morgan fingerprint density at radius 3 is 2.75 bits per heavy atom. The smallest absolute Gasteiger partial charge is 0.136 e. The summed E-state index contributed by atoms with van der Waals surface area (Å²) >= 11 is 2.02. The second-order valence-electron chi connectivity index (χ2n) is 2.97. The van der Waals surface area contributed by atoms with Gasteiger partial charge in [-0.1, -0.05) is 6.07 Å². The maximum Gasteiger partial charge on any atom is 0.136 e. The Balaban J connectivity index is 2.27. The van der Waals surface area contributed by atoms with Crippen LogP contribution < -0.4 is 5.32 Å². The molecule has 0 amide bonds. The van der Waals surface area contributed by atoms with E-state index in [2.05, 4.69) is 5.32 Å². The molecule has 0 unspecified atom stereocenters. The molecular weight excluding hydrogens is 268 g/mol. The van der Waals surface area contributed by atoms with Gasteiger partial charge in [-0.25, -0.2) is 4.39 Å². The van der Waals surface area contributed by atoms with Crippen LogP contribution >= 0.6 is 22.6 Å². The van der Waals surface area contributed by atoms with Crippen LogP contribution in [0.1, 0.15) is 18.0 Å². The van der Waals surface area contributed by atoms with Gasteiger partial charge in [0.15, 0.2) is 0 Å². The number of hydrogen-bond acceptors (Lipinski definition) is 1. The first-order valence-corrected chi connectivity index (χ1v) is 5.03. The predicted octanol–water partition coefficient (Wildman–Crippen LogP) is 2.46. The largest absolute Gasteiger partial charge is 0.310 e. The van der Waals surface area contributed by atoms with Gasteiger partial charge in [0.05, 0.1) is 0 Å². The first-order valence-electron chi connectivity index (χ1n) is 3.96. The molecule has 2 rings (SSSR count). The Labute approximate surface area is 84.5 Å². The van der Waals surface area contributed by atoms with Gasteiger partial charge in [-0.2, -0.15) is 0 Å². The van der Waals surface area contributed by atoms with E-state index in [-0.39, 0.29) is 5.82 Å². The number of rotatable bonds is 1. The first kappa shape index (κ1) is 8.44. The van der Waals surface area contributed by atoms with Gasteiger partial charge in [-0.05, 0) is 53.3 Å². The Hall–Kier alpha value is -0.160. The third-order valence-corrected chi connectivity index (χ3v) is 3.00. The molecule has 1 nitrogen and oxygen atoms in total. The lowest BCUT2D eigenvalue weighted by molar-refractivity contribution is 0.382. The van der Waals surface area contributed by atoms with Crippen LogP contribution in [-0.2, 0) is 0 Å². The molecule has 1 atom stereocenters. The summed E-state index contributed by atoms with van der Waals surface area (Å²) in [5.74, 6) is -0.126. The quantitative estimate of drug-likeness (QED) is 0.777. The Kier molecular flexibility index (Phi) is 2.32. The highest BCUT2D eigenvalue weighted by Gasteiger charge is 2.18. The van der Waals surface area contributed by atoms with Gasteiger partial charge in [-0.3, -0.25) is 0 Å². The van der Waals surface area contributed by atoms with E-state index < -0.39 is 0 Å². The SMILES string of the molecule is Fc1ccc([C@@H]2CCN2)cc1I. The van der Waals surface area contributed by atoms with Crippen LogP contribution in [0.2, 0.25) is 0 Å². The van der Waals surface area contributed by atoms with E-state index >= 15 is 0 Å². The monoisotopic (exact) mass is 277 g/mol. The fourth-order valence-corrected chi connectivity index (χ4v) is 1.84. The molecule has 1 aromatic rings. The average molecular weight is 277 g/mol. The van der Waals surface area contributed by atoms with Gasteiger partial charge >= 0.3 is 0 Å². The van der Waals surface area contributed by atoms with Crippen LogP contribution in [0.15, 0.2) is 18.2 Å². The fourth-order valence-electron chi connectivity index (χ4n) is 1.30. The minimum absolute atomic E-state index is 0.126. The van der Waals surface area contributed by atoms with Crippen molar-refractivity contribution in [2.45, 2.75) is 12.5 Å². The molecule has 0 aromatic heterocycles. The zero-order valence-corrected chi connectivity index (χ0v) is 8.64. The topological polar surface area (TPSA) is 12.0 Å². The van der Waals surface area contributed by atoms with Crippen LogP contribution in [-0.4, -0.2) is 6.54 Å². The van der Waals surface area contributed by atoms with Crippen LogP contribution in [0.3, 0.4) is 0 Å². The van der Waals surface area contributed by atoms with Crippen molar-refractivity contribution in [2.75, 3.05) is 6.54 Å². The fraction of sp³-hybridized carbons (Fsp3) is 0.333. The van der Waals surface area contributed by atoms with Crippen LogP contribution in [0.4, 0.5) is 4.39 Å². The lowest BCUT2D eigenvalue weighted by Crippen LogP contribution is -2.34. The molecule has 0 spiro atoms. The summed E-state index contributed by atoms with van der Waals surface area (Å²) < 4.78 is 13.6. The Morgan fingerprint density at radius 1 is 1.50 bits per heavy atom. The zero-order valence-electron chi connectivity index (χ0n) is 6.48. The summed E-state index contributed by atoms with van der Waals surface area (Å²) in [7, 11) is 0. The van der Waals surface area contributed by atoms with Crippen molar-refractivity contribution in [3.8, 4) is 0 Å². The van der Waals surface area contributed by atoms with Gasteiger partial charge in [0.2, 0.25) is 0 Å². The van der Waals surface area contributed by atoms with Crippen molar-refractivity contribution in [2.24, 2.45) is 0 Å². The van der Waals surface area contributed by atoms with Crippen molar-refractivity contribution in [1.82, 2.24) is 5.32 Å². The molecule has 3 heteroatoms. The normalized spacial score (nSPS) is 22.0. The maximum atomic E-state index is 12.9. The zero-order chi connectivity index (χ0) is 8.55. The number of benzene rings is 1. The molecule has 1 fully saturated rings. The van der Waals surface area contributed by atoms with Crippen LogP contribution in [0, 0.1) is 9.39 Å². The minimum Gasteiger partial charge on any atom is -0.310 e. The highest BCUT2D eigenvalue weighted by Crippen LogP contribution is 2.24. The van der Waals surface area contributed by atoms with Gasteiger partial charge < -0.3 is 5.32 Å². The van der Waals surface area contributed by atoms with E-state index in [0.29, 0.717) is 9.61 Å². The van der Waals surface area contributed by atoms with Crippen molar-refractivity contribution in [1.29, 1.82) is 0 Å². The molecule has 0 aliphatic carbocycles. The molecule has 0 bridgehead atoms. The van der Waals surface area contributed by atoms with E-state index in [0.717, 1.165) is 6.54 Å². The van der Waals surface area contributed by atoms with Crippen LogP contribution in [0.25, 0.3) is 0 Å². The molecule has 64 valence electrons. The summed E-state index contributed by atoms with van der Waals surface area (Å²) in [6.07, 6.45) is 1.17. The summed E-state index contributed by atoms with van der Waals surface area (Å²) in [5.41, 5.74) is 1.20. The molecular formula is C9H9FIN. The van der Waals surface area contributed by atoms with Gasteiger partial charge in [0, 0.05) is 9.61 Å². The summed E-state index contributed by atoms with van der Waals surface area (Å²) in [4.78, 5) is 0. The van der Waals surface area contributed by atoms with Crippen LogP contribution in [0.5, 0.6) is 0 Å². The number of nitrogens with one attached hydrogen (secondary N) is 1. The second kappa shape index (κ2) is 3.30. The average Bonchev–Trinajstić information content (AvgIpc) is 1.93. The predicted molar refractivity (Wildman–Crippen MR) is 54.5 cm³/mol. The standard InChI is InChI=1S/C9H9FIN/c10-7-2-1-6(5-8(7)11)9-3-4-12-9/h1-2,5,9,12H,3-4H2/t9-/m0/s1. The molecule has 1 aromatic carbocycles. The molecule has 1 aliphatic heterocycles. The van der Waals surface area contributed by atoms with Crippen molar-refractivity contribution >= 4 is 22.6 Å². The third kappa shape index (κ3) is 1.47. The number of halogens is 2. The van der Waals surface area contributed by atoms with Crippen molar-refractivity contribution in [3.63, 3.8) is 0 Å². The summed E-state index contributed by atoms with van der Waals surface area (Å²) in [6.45, 7) is 1.08. The van der Waals surface area contributed by atoms with E-state index in [1.807, 2.05) is 34.7 Å². The summed E-state index contributed by atoms with van der Waals surface area (Å²) in [5, 5.41) is 3.28. The van der Waals surface area contributed by atoms with E-state index in [9.17, 15) is 4.39 Å². The van der Waals surface area contributed by atoms with E-state index in [4.69, 9.17) is 0 Å². The van der Waals surface area contributed by atoms with Crippen molar-refractivity contribution in [3.05, 3.63) is 33.1 Å². The Morgan fingerprint density at radius 2 is 2.25 bits per heavy atom. The highest BCUT2D eigenvalue weighted by molar-refractivity contribution is 14.1. The van der Waals surface area contributed by atoms with Gasteiger partial charge in [0.1, 0.15) is 5.82 Å². The lowest BCUT2D eigenvalue weighted by Gasteiger charge is -2.28. The molecule has 0 radical (unpaired) electrons. The lowest BCUT2D eigenvalue weighted by atomic mass is 9.98. The molecule has 12 heavy (non-hydrogen) atoms. The first-order chi connectivity index (χ1) is 5.77. The minimum atomic E-state index is -0.126. The van der Waals surface area contributed by atoms with Crippen molar-refractivity contribution < 1.29 is 4.39 Å². The van der Waals surface area contributed by atoms with Gasteiger partial charge in [-0.15, -0.1) is 0 Å². The second-order valence-corrected chi connectivity index (χ2v) is 4.13. The molecule has 1 N–H and O–H groups in total. The maximum absolute atomic E-state index is 12.9. The number of hydrogen-bond donors (Lipinski definition) is 1. The molecule has 1 heterocycles. The van der Waals surface area contributed by atoms with E-state index in [1.54, 1.807) is 0 Å². The third-order valence-electron chi connectivity index (χ3n) is 2.17. The van der Waals surface area contributed by atoms with E-state index in [1.165, 1.54) is 18.1 Å². The summed E-state index contributed by atoms with van der Waals surface area (Å²) in [6, 6.07) is 5.76. The molecule has 0 saturated carbocycles. The molecule has 1 aliphatic rings. The highest BCUT2D eigenvalue weighted by atomic mass is 127.